The fourth-order valence-electron chi connectivity index (χ4n) is 3.53. The highest BCUT2D eigenvalue weighted by Gasteiger charge is 2.28. The first-order valence-electron chi connectivity index (χ1n) is 8.33. The Kier molecular flexibility index (Phi) is 4.73. The van der Waals surface area contributed by atoms with Gasteiger partial charge in [-0.2, -0.15) is 0 Å². The van der Waals surface area contributed by atoms with E-state index in [9.17, 15) is 13.2 Å². The summed E-state index contributed by atoms with van der Waals surface area (Å²) in [6.07, 6.45) is 5.85. The minimum Gasteiger partial charge on any atom is -0.306 e. The van der Waals surface area contributed by atoms with E-state index in [1.54, 1.807) is 12.1 Å². The third-order valence-electron chi connectivity index (χ3n) is 4.86. The second-order valence-electron chi connectivity index (χ2n) is 6.71. The van der Waals surface area contributed by atoms with Gasteiger partial charge >= 0.3 is 0 Å². The highest BCUT2D eigenvalue weighted by atomic mass is 32.2. The number of aryl methyl sites for hydroxylation is 2. The normalized spacial score (nSPS) is 22.4. The van der Waals surface area contributed by atoms with E-state index in [0.717, 1.165) is 50.6 Å². The highest BCUT2D eigenvalue weighted by molar-refractivity contribution is 7.90. The van der Waals surface area contributed by atoms with Crippen molar-refractivity contribution < 1.29 is 13.2 Å². The molecule has 0 aromatic heterocycles. The van der Waals surface area contributed by atoms with Crippen LogP contribution in [0.15, 0.2) is 23.1 Å². The topological polar surface area (TPSA) is 66.5 Å². The van der Waals surface area contributed by atoms with Crippen molar-refractivity contribution in [3.63, 3.8) is 0 Å². The number of likely N-dealkylation sites (tertiary alicyclic amines) is 1. The Morgan fingerprint density at radius 3 is 2.65 bits per heavy atom. The van der Waals surface area contributed by atoms with Crippen molar-refractivity contribution in [3.05, 3.63) is 29.3 Å². The Bertz CT molecular complexity index is 700. The predicted octanol–water partition coefficient (Wildman–Crippen LogP) is 1.71. The van der Waals surface area contributed by atoms with Gasteiger partial charge in [-0.1, -0.05) is 6.07 Å². The first-order valence-corrected chi connectivity index (χ1v) is 9.81. The number of amides is 1. The van der Waals surface area contributed by atoms with Gasteiger partial charge < -0.3 is 4.90 Å². The SMILES string of the molecule is CN1CCCC(C(=O)NS(=O)(=O)c2ccc3c(c2)CCCC3)C1. The van der Waals surface area contributed by atoms with Crippen LogP contribution in [0.5, 0.6) is 0 Å². The third kappa shape index (κ3) is 3.75. The van der Waals surface area contributed by atoms with Crippen LogP contribution in [0.1, 0.15) is 36.8 Å². The van der Waals surface area contributed by atoms with Crippen LogP contribution in [-0.2, 0) is 27.7 Å². The van der Waals surface area contributed by atoms with E-state index >= 15 is 0 Å². The Labute approximate surface area is 138 Å². The van der Waals surface area contributed by atoms with Crippen LogP contribution in [0.25, 0.3) is 0 Å². The van der Waals surface area contributed by atoms with Gasteiger partial charge in [0.05, 0.1) is 10.8 Å². The second kappa shape index (κ2) is 6.61. The summed E-state index contributed by atoms with van der Waals surface area (Å²) in [6, 6.07) is 5.24. The van der Waals surface area contributed by atoms with E-state index in [1.165, 1.54) is 5.56 Å². The van der Waals surface area contributed by atoms with Crippen molar-refractivity contribution in [1.29, 1.82) is 0 Å². The molecule has 1 aromatic rings. The average Bonchev–Trinajstić information content (AvgIpc) is 2.54. The Balaban J connectivity index is 1.75. The number of benzene rings is 1. The molecule has 1 fully saturated rings. The number of carbonyl (C=O) groups excluding carboxylic acids is 1. The maximum absolute atomic E-state index is 12.5. The number of hydrogen-bond acceptors (Lipinski definition) is 4. The zero-order chi connectivity index (χ0) is 16.4. The molecule has 6 heteroatoms. The molecule has 1 unspecified atom stereocenters. The molecule has 0 saturated carbocycles. The Morgan fingerprint density at radius 2 is 1.91 bits per heavy atom. The van der Waals surface area contributed by atoms with Gasteiger partial charge in [-0.15, -0.1) is 0 Å². The molecule has 1 N–H and O–H groups in total. The molecule has 5 nitrogen and oxygen atoms in total. The smallest absolute Gasteiger partial charge is 0.264 e. The van der Waals surface area contributed by atoms with E-state index in [0.29, 0.717) is 6.54 Å². The highest BCUT2D eigenvalue weighted by Crippen LogP contribution is 2.24. The quantitative estimate of drug-likeness (QED) is 0.912. The van der Waals surface area contributed by atoms with Crippen molar-refractivity contribution in [1.82, 2.24) is 9.62 Å². The number of sulfonamides is 1. The van der Waals surface area contributed by atoms with E-state index < -0.39 is 10.0 Å². The number of rotatable bonds is 3. The molecule has 2 aliphatic rings. The summed E-state index contributed by atoms with van der Waals surface area (Å²) in [5.41, 5.74) is 2.33. The Morgan fingerprint density at radius 1 is 1.17 bits per heavy atom. The van der Waals surface area contributed by atoms with E-state index in [4.69, 9.17) is 0 Å². The standard InChI is InChI=1S/C17H24N2O3S/c1-19-10-4-7-15(12-19)17(20)18-23(21,22)16-9-8-13-5-2-3-6-14(13)11-16/h8-9,11,15H,2-7,10,12H2,1H3,(H,18,20). The first kappa shape index (κ1) is 16.5. The predicted molar refractivity (Wildman–Crippen MR) is 88.6 cm³/mol. The van der Waals surface area contributed by atoms with E-state index in [2.05, 4.69) is 9.62 Å². The van der Waals surface area contributed by atoms with E-state index in [-0.39, 0.29) is 16.7 Å². The molecule has 0 bridgehead atoms. The largest absolute Gasteiger partial charge is 0.306 e. The maximum Gasteiger partial charge on any atom is 0.264 e. The summed E-state index contributed by atoms with van der Waals surface area (Å²) in [5, 5.41) is 0. The van der Waals surface area contributed by atoms with Crippen LogP contribution < -0.4 is 4.72 Å². The van der Waals surface area contributed by atoms with Crippen LogP contribution in [0.4, 0.5) is 0 Å². The molecule has 3 rings (SSSR count). The third-order valence-corrected chi connectivity index (χ3v) is 6.20. The number of hydrogen-bond donors (Lipinski definition) is 1. The number of fused-ring (bicyclic) bond motifs is 1. The van der Waals surface area contributed by atoms with Crippen molar-refractivity contribution in [2.75, 3.05) is 20.1 Å². The number of piperidine rings is 1. The number of nitrogens with zero attached hydrogens (tertiary/aromatic N) is 1. The lowest BCUT2D eigenvalue weighted by molar-refractivity contribution is -0.124. The summed E-state index contributed by atoms with van der Waals surface area (Å²) < 4.78 is 27.3. The second-order valence-corrected chi connectivity index (χ2v) is 8.39. The summed E-state index contributed by atoms with van der Waals surface area (Å²) in [6.45, 7) is 1.58. The monoisotopic (exact) mass is 336 g/mol. The van der Waals surface area contributed by atoms with Crippen molar-refractivity contribution in [2.45, 2.75) is 43.4 Å². The molecule has 0 spiro atoms. The van der Waals surface area contributed by atoms with Crippen LogP contribution >= 0.6 is 0 Å². The molecule has 1 aromatic carbocycles. The van der Waals surface area contributed by atoms with Crippen molar-refractivity contribution in [2.24, 2.45) is 5.92 Å². The molecule has 1 amide bonds. The Hall–Kier alpha value is -1.40. The van der Waals surface area contributed by atoms with Crippen LogP contribution in [-0.4, -0.2) is 39.4 Å². The molecular formula is C17H24N2O3S. The number of nitrogens with one attached hydrogen (secondary N) is 1. The van der Waals surface area contributed by atoms with E-state index in [1.807, 2.05) is 13.1 Å². The lowest BCUT2D eigenvalue weighted by Gasteiger charge is -2.28. The first-order chi connectivity index (χ1) is 11.0. The summed E-state index contributed by atoms with van der Waals surface area (Å²) in [4.78, 5) is 14.6. The molecule has 1 atom stereocenters. The molecule has 23 heavy (non-hydrogen) atoms. The van der Waals surface area contributed by atoms with Gasteiger partial charge in [-0.3, -0.25) is 4.79 Å². The number of carbonyl (C=O) groups is 1. The lowest BCUT2D eigenvalue weighted by Crippen LogP contribution is -2.43. The van der Waals surface area contributed by atoms with Gasteiger partial charge in [-0.25, -0.2) is 13.1 Å². The summed E-state index contributed by atoms with van der Waals surface area (Å²) in [7, 11) is -1.82. The maximum atomic E-state index is 12.5. The van der Waals surface area contributed by atoms with Gasteiger partial charge in [-0.05, 0) is 75.4 Å². The minimum absolute atomic E-state index is 0.204. The van der Waals surface area contributed by atoms with Gasteiger partial charge in [0.25, 0.3) is 10.0 Å². The minimum atomic E-state index is -3.78. The molecular weight excluding hydrogens is 312 g/mol. The van der Waals surface area contributed by atoms with Crippen LogP contribution in [0.2, 0.25) is 0 Å². The zero-order valence-electron chi connectivity index (χ0n) is 13.5. The molecule has 0 radical (unpaired) electrons. The van der Waals surface area contributed by atoms with Crippen LogP contribution in [0, 0.1) is 5.92 Å². The fourth-order valence-corrected chi connectivity index (χ4v) is 4.63. The average molecular weight is 336 g/mol. The van der Waals surface area contributed by atoms with Crippen molar-refractivity contribution >= 4 is 15.9 Å². The van der Waals surface area contributed by atoms with Crippen molar-refractivity contribution in [3.8, 4) is 0 Å². The molecule has 1 heterocycles. The summed E-state index contributed by atoms with van der Waals surface area (Å²) >= 11 is 0. The van der Waals surface area contributed by atoms with Gasteiger partial charge in [0, 0.05) is 6.54 Å². The zero-order valence-corrected chi connectivity index (χ0v) is 14.4. The summed E-state index contributed by atoms with van der Waals surface area (Å²) in [5.74, 6) is -0.629. The molecule has 1 saturated heterocycles. The fraction of sp³-hybridized carbons (Fsp3) is 0.588. The lowest BCUT2D eigenvalue weighted by atomic mass is 9.92. The molecule has 126 valence electrons. The molecule has 1 aliphatic carbocycles. The van der Waals surface area contributed by atoms with Crippen LogP contribution in [0.3, 0.4) is 0 Å². The van der Waals surface area contributed by atoms with Gasteiger partial charge in [0.15, 0.2) is 0 Å². The van der Waals surface area contributed by atoms with Gasteiger partial charge in [0.1, 0.15) is 0 Å². The van der Waals surface area contributed by atoms with Gasteiger partial charge in [0.2, 0.25) is 5.91 Å². The molecule has 1 aliphatic heterocycles.